The third kappa shape index (κ3) is 4.46. The molecule has 1 unspecified atom stereocenters. The lowest BCUT2D eigenvalue weighted by molar-refractivity contribution is 0.0939. The van der Waals surface area contributed by atoms with Crippen LogP contribution in [0.3, 0.4) is 0 Å². The largest absolute Gasteiger partial charge is 0.371 e. The van der Waals surface area contributed by atoms with Crippen molar-refractivity contribution < 1.29 is 13.2 Å². The fourth-order valence-corrected chi connectivity index (χ4v) is 5.29. The summed E-state index contributed by atoms with van der Waals surface area (Å²) in [7, 11) is -3.56. The van der Waals surface area contributed by atoms with E-state index in [4.69, 9.17) is 0 Å². The highest BCUT2D eigenvalue weighted by atomic mass is 32.2. The van der Waals surface area contributed by atoms with E-state index in [2.05, 4.69) is 10.2 Å². The Labute approximate surface area is 163 Å². The number of piperidine rings is 1. The Morgan fingerprint density at radius 1 is 1.07 bits per heavy atom. The van der Waals surface area contributed by atoms with Crippen molar-refractivity contribution in [2.75, 3.05) is 31.1 Å². The average Bonchev–Trinajstić information content (AvgIpc) is 3.22. The van der Waals surface area contributed by atoms with Gasteiger partial charge in [0.2, 0.25) is 10.0 Å². The summed E-state index contributed by atoms with van der Waals surface area (Å²) in [6.45, 7) is 6.91. The Balaban J connectivity index is 1.96. The summed E-state index contributed by atoms with van der Waals surface area (Å²) < 4.78 is 27.7. The van der Waals surface area contributed by atoms with Crippen LogP contribution in [0.5, 0.6) is 0 Å². The van der Waals surface area contributed by atoms with Gasteiger partial charge in [-0.05, 0) is 57.2 Å². The topological polar surface area (TPSA) is 69.7 Å². The molecule has 0 aliphatic carbocycles. The molecule has 1 amide bonds. The maximum atomic E-state index is 13.1. The van der Waals surface area contributed by atoms with E-state index in [0.717, 1.165) is 57.3 Å². The summed E-state index contributed by atoms with van der Waals surface area (Å²) in [5, 5.41) is 2.99. The number of hydrogen-bond acceptors (Lipinski definition) is 4. The molecule has 1 aromatic carbocycles. The minimum atomic E-state index is -3.56. The molecular weight excluding hydrogens is 362 g/mol. The zero-order chi connectivity index (χ0) is 19.4. The third-order valence-corrected chi connectivity index (χ3v) is 7.50. The van der Waals surface area contributed by atoms with Crippen LogP contribution in [0.4, 0.5) is 5.69 Å². The maximum absolute atomic E-state index is 13.1. The van der Waals surface area contributed by atoms with Gasteiger partial charge in [-0.2, -0.15) is 4.31 Å². The molecule has 0 spiro atoms. The Bertz CT molecular complexity index is 767. The molecule has 2 fully saturated rings. The molecule has 1 N–H and O–H groups in total. The third-order valence-electron chi connectivity index (χ3n) is 5.60. The fourth-order valence-electron chi connectivity index (χ4n) is 3.75. The number of amides is 1. The molecule has 150 valence electrons. The number of anilines is 1. The zero-order valence-electron chi connectivity index (χ0n) is 16.4. The standard InChI is InChI=1S/C20H31N3O3S/c1-3-16(2)21-20(24)18-15-17(9-10-19(18)22-11-7-8-12-22)27(25,26)23-13-5-4-6-14-23/h9-10,15-16H,3-8,11-14H2,1-2H3,(H,21,24). The molecule has 1 atom stereocenters. The van der Waals surface area contributed by atoms with Gasteiger partial charge in [0, 0.05) is 37.9 Å². The second-order valence-electron chi connectivity index (χ2n) is 7.62. The average molecular weight is 394 g/mol. The van der Waals surface area contributed by atoms with E-state index in [9.17, 15) is 13.2 Å². The first kappa shape index (κ1) is 20.1. The van der Waals surface area contributed by atoms with Crippen LogP contribution < -0.4 is 10.2 Å². The van der Waals surface area contributed by atoms with E-state index in [1.165, 1.54) is 0 Å². The molecule has 0 aromatic heterocycles. The Kier molecular flexibility index (Phi) is 6.42. The number of nitrogens with one attached hydrogen (secondary N) is 1. The highest BCUT2D eigenvalue weighted by Gasteiger charge is 2.28. The van der Waals surface area contributed by atoms with Crippen LogP contribution in [0, 0.1) is 0 Å². The molecule has 2 heterocycles. The predicted octanol–water partition coefficient (Wildman–Crippen LogP) is 2.99. The Morgan fingerprint density at radius 2 is 1.70 bits per heavy atom. The van der Waals surface area contributed by atoms with E-state index in [0.29, 0.717) is 18.7 Å². The molecule has 7 heteroatoms. The quantitative estimate of drug-likeness (QED) is 0.807. The minimum Gasteiger partial charge on any atom is -0.371 e. The van der Waals surface area contributed by atoms with Crippen molar-refractivity contribution in [3.8, 4) is 0 Å². The first-order chi connectivity index (χ1) is 12.9. The molecule has 6 nitrogen and oxygen atoms in total. The lowest BCUT2D eigenvalue weighted by Crippen LogP contribution is -2.36. The van der Waals surface area contributed by atoms with E-state index in [-0.39, 0.29) is 16.8 Å². The summed E-state index contributed by atoms with van der Waals surface area (Å²) in [4.78, 5) is 15.3. The van der Waals surface area contributed by atoms with Gasteiger partial charge in [0.25, 0.3) is 5.91 Å². The molecule has 0 radical (unpaired) electrons. The van der Waals surface area contributed by atoms with Crippen LogP contribution in [-0.2, 0) is 10.0 Å². The van der Waals surface area contributed by atoms with Gasteiger partial charge in [0.15, 0.2) is 0 Å². The highest BCUT2D eigenvalue weighted by molar-refractivity contribution is 7.89. The van der Waals surface area contributed by atoms with Gasteiger partial charge in [0.1, 0.15) is 0 Å². The van der Waals surface area contributed by atoms with Crippen molar-refractivity contribution in [2.45, 2.75) is 63.3 Å². The number of carbonyl (C=O) groups is 1. The van der Waals surface area contributed by atoms with Crippen LogP contribution in [0.15, 0.2) is 23.1 Å². The van der Waals surface area contributed by atoms with E-state index >= 15 is 0 Å². The number of carbonyl (C=O) groups excluding carboxylic acids is 1. The Morgan fingerprint density at radius 3 is 2.33 bits per heavy atom. The summed E-state index contributed by atoms with van der Waals surface area (Å²) in [6.07, 6.45) is 5.89. The van der Waals surface area contributed by atoms with Gasteiger partial charge < -0.3 is 10.2 Å². The Hall–Kier alpha value is -1.60. The molecule has 1 aromatic rings. The van der Waals surface area contributed by atoms with Gasteiger partial charge in [-0.3, -0.25) is 4.79 Å². The van der Waals surface area contributed by atoms with E-state index in [1.54, 1.807) is 16.4 Å². The lowest BCUT2D eigenvalue weighted by Gasteiger charge is -2.27. The zero-order valence-corrected chi connectivity index (χ0v) is 17.2. The van der Waals surface area contributed by atoms with Gasteiger partial charge in [-0.15, -0.1) is 0 Å². The molecule has 27 heavy (non-hydrogen) atoms. The maximum Gasteiger partial charge on any atom is 0.253 e. The lowest BCUT2D eigenvalue weighted by atomic mass is 10.1. The monoisotopic (exact) mass is 393 g/mol. The summed E-state index contributed by atoms with van der Waals surface area (Å²) in [5.41, 5.74) is 1.31. The van der Waals surface area contributed by atoms with Crippen molar-refractivity contribution in [1.82, 2.24) is 9.62 Å². The van der Waals surface area contributed by atoms with Crippen LogP contribution >= 0.6 is 0 Å². The summed E-state index contributed by atoms with van der Waals surface area (Å²) >= 11 is 0. The van der Waals surface area contributed by atoms with Gasteiger partial charge in [0.05, 0.1) is 10.5 Å². The molecule has 2 aliphatic rings. The number of benzene rings is 1. The number of hydrogen-bond donors (Lipinski definition) is 1. The smallest absolute Gasteiger partial charge is 0.253 e. The van der Waals surface area contributed by atoms with Gasteiger partial charge >= 0.3 is 0 Å². The molecule has 0 saturated carbocycles. The van der Waals surface area contributed by atoms with E-state index in [1.807, 2.05) is 19.9 Å². The molecule has 2 aliphatic heterocycles. The predicted molar refractivity (Wildman–Crippen MR) is 108 cm³/mol. The summed E-state index contributed by atoms with van der Waals surface area (Å²) in [5.74, 6) is -0.193. The van der Waals surface area contributed by atoms with Crippen LogP contribution in [-0.4, -0.2) is 50.9 Å². The number of rotatable bonds is 6. The fraction of sp³-hybridized carbons (Fsp3) is 0.650. The summed E-state index contributed by atoms with van der Waals surface area (Å²) in [6, 6.07) is 5.10. The number of sulfonamides is 1. The van der Waals surface area contributed by atoms with Gasteiger partial charge in [-0.1, -0.05) is 13.3 Å². The van der Waals surface area contributed by atoms with Crippen LogP contribution in [0.25, 0.3) is 0 Å². The van der Waals surface area contributed by atoms with Crippen molar-refractivity contribution >= 4 is 21.6 Å². The van der Waals surface area contributed by atoms with Crippen molar-refractivity contribution in [2.24, 2.45) is 0 Å². The highest BCUT2D eigenvalue weighted by Crippen LogP contribution is 2.29. The first-order valence-corrected chi connectivity index (χ1v) is 11.6. The molecule has 0 bridgehead atoms. The molecule has 3 rings (SSSR count). The molecule has 2 saturated heterocycles. The second-order valence-corrected chi connectivity index (χ2v) is 9.56. The SMILES string of the molecule is CCC(C)NC(=O)c1cc(S(=O)(=O)N2CCCCC2)ccc1N1CCCC1. The van der Waals surface area contributed by atoms with Gasteiger partial charge in [-0.25, -0.2) is 8.42 Å². The number of nitrogens with zero attached hydrogens (tertiary/aromatic N) is 2. The minimum absolute atomic E-state index is 0.0475. The van der Waals surface area contributed by atoms with Crippen molar-refractivity contribution in [3.63, 3.8) is 0 Å². The van der Waals surface area contributed by atoms with Crippen LogP contribution in [0.2, 0.25) is 0 Å². The van der Waals surface area contributed by atoms with E-state index < -0.39 is 10.0 Å². The first-order valence-electron chi connectivity index (χ1n) is 10.1. The normalized spacial score (nSPS) is 19.9. The van der Waals surface area contributed by atoms with Crippen molar-refractivity contribution in [1.29, 1.82) is 0 Å². The van der Waals surface area contributed by atoms with Crippen molar-refractivity contribution in [3.05, 3.63) is 23.8 Å². The second kappa shape index (κ2) is 8.61. The molecular formula is C20H31N3O3S. The van der Waals surface area contributed by atoms with Crippen LogP contribution in [0.1, 0.15) is 62.7 Å².